The lowest BCUT2D eigenvalue weighted by atomic mass is 10.1. The molecule has 8 nitrogen and oxygen atoms in total. The summed E-state index contributed by atoms with van der Waals surface area (Å²) in [5.74, 6) is 1.32. The summed E-state index contributed by atoms with van der Waals surface area (Å²) in [6.07, 6.45) is 2.02. The molecule has 0 unspecified atom stereocenters. The summed E-state index contributed by atoms with van der Waals surface area (Å²) in [4.78, 5) is 27.1. The Hall–Kier alpha value is -2.35. The van der Waals surface area contributed by atoms with Gasteiger partial charge >= 0.3 is 0 Å². The van der Waals surface area contributed by atoms with Crippen molar-refractivity contribution in [1.29, 1.82) is 0 Å². The number of carbonyl (C=O) groups is 1. The highest BCUT2D eigenvalue weighted by Gasteiger charge is 2.34. The van der Waals surface area contributed by atoms with Crippen LogP contribution < -0.4 is 9.47 Å². The number of benzene rings is 1. The molecule has 0 atom stereocenters. The average molecular weight is 349 g/mol. The molecule has 0 aromatic heterocycles. The van der Waals surface area contributed by atoms with E-state index >= 15 is 0 Å². The van der Waals surface area contributed by atoms with Gasteiger partial charge in [0.2, 0.25) is 5.91 Å². The highest BCUT2D eigenvalue weighted by molar-refractivity contribution is 5.81. The SMILES string of the molecule is COc1cc(CN2CCN(C(=O)C3CC3)CC2)c([N+](=O)[O-])cc1OC. The molecular formula is C17H23N3O5. The molecule has 8 heteroatoms. The molecule has 1 heterocycles. The minimum absolute atomic E-state index is 0.0223. The zero-order chi connectivity index (χ0) is 18.0. The van der Waals surface area contributed by atoms with Gasteiger partial charge in [-0.1, -0.05) is 0 Å². The monoisotopic (exact) mass is 349 g/mol. The van der Waals surface area contributed by atoms with Crippen molar-refractivity contribution in [1.82, 2.24) is 9.80 Å². The molecule has 1 aromatic rings. The maximum absolute atomic E-state index is 12.1. The van der Waals surface area contributed by atoms with Gasteiger partial charge < -0.3 is 14.4 Å². The number of rotatable bonds is 6. The third-order valence-corrected chi connectivity index (χ3v) is 4.79. The number of hydrogen-bond donors (Lipinski definition) is 0. The molecule has 136 valence electrons. The van der Waals surface area contributed by atoms with Crippen molar-refractivity contribution in [2.75, 3.05) is 40.4 Å². The van der Waals surface area contributed by atoms with E-state index < -0.39 is 4.92 Å². The van der Waals surface area contributed by atoms with Gasteiger partial charge in [0, 0.05) is 44.2 Å². The van der Waals surface area contributed by atoms with Crippen LogP contribution >= 0.6 is 0 Å². The highest BCUT2D eigenvalue weighted by atomic mass is 16.6. The number of amides is 1. The second-order valence-electron chi connectivity index (χ2n) is 6.47. The first kappa shape index (κ1) is 17.5. The van der Waals surface area contributed by atoms with Crippen LogP contribution in [0.15, 0.2) is 12.1 Å². The number of hydrogen-bond acceptors (Lipinski definition) is 6. The van der Waals surface area contributed by atoms with Crippen molar-refractivity contribution in [2.24, 2.45) is 5.92 Å². The van der Waals surface area contributed by atoms with E-state index in [4.69, 9.17) is 9.47 Å². The van der Waals surface area contributed by atoms with E-state index in [1.807, 2.05) is 4.90 Å². The molecule has 1 aliphatic carbocycles. The number of piperazine rings is 1. The standard InChI is InChI=1S/C17H23N3O5/c1-24-15-9-13(14(20(22)23)10-16(15)25-2)11-18-5-7-19(8-6-18)17(21)12-3-4-12/h9-10,12H,3-8,11H2,1-2H3. The van der Waals surface area contributed by atoms with Crippen LogP contribution in [0.25, 0.3) is 0 Å². The first-order valence-corrected chi connectivity index (χ1v) is 8.44. The fourth-order valence-electron chi connectivity index (χ4n) is 3.16. The first-order chi connectivity index (χ1) is 12.0. The van der Waals surface area contributed by atoms with Crippen molar-refractivity contribution in [3.63, 3.8) is 0 Å². The number of nitro groups is 1. The Morgan fingerprint density at radius 3 is 2.28 bits per heavy atom. The van der Waals surface area contributed by atoms with Crippen LogP contribution in [-0.2, 0) is 11.3 Å². The quantitative estimate of drug-likeness (QED) is 0.574. The summed E-state index contributed by atoms with van der Waals surface area (Å²) in [6.45, 7) is 3.23. The topological polar surface area (TPSA) is 85.2 Å². The van der Waals surface area contributed by atoms with E-state index in [9.17, 15) is 14.9 Å². The lowest BCUT2D eigenvalue weighted by Crippen LogP contribution is -2.48. The molecule has 0 spiro atoms. The van der Waals surface area contributed by atoms with Gasteiger partial charge in [0.05, 0.1) is 25.2 Å². The number of nitro benzene ring substituents is 1. The summed E-state index contributed by atoms with van der Waals surface area (Å²) in [7, 11) is 2.97. The molecule has 2 aliphatic rings. The fraction of sp³-hybridized carbons (Fsp3) is 0.588. The molecule has 1 aliphatic heterocycles. The van der Waals surface area contributed by atoms with Gasteiger partial charge in [-0.25, -0.2) is 0 Å². The van der Waals surface area contributed by atoms with Crippen LogP contribution in [0, 0.1) is 16.0 Å². The van der Waals surface area contributed by atoms with E-state index in [0.29, 0.717) is 49.8 Å². The van der Waals surface area contributed by atoms with Crippen LogP contribution in [0.4, 0.5) is 5.69 Å². The summed E-state index contributed by atoms with van der Waals surface area (Å²) in [6, 6.07) is 3.07. The number of methoxy groups -OCH3 is 2. The van der Waals surface area contributed by atoms with Crippen LogP contribution in [0.3, 0.4) is 0 Å². The van der Waals surface area contributed by atoms with Gasteiger partial charge in [0.1, 0.15) is 0 Å². The van der Waals surface area contributed by atoms with Crippen molar-refractivity contribution in [3.05, 3.63) is 27.8 Å². The lowest BCUT2D eigenvalue weighted by Gasteiger charge is -2.34. The Morgan fingerprint density at radius 2 is 1.76 bits per heavy atom. The van der Waals surface area contributed by atoms with E-state index in [0.717, 1.165) is 12.8 Å². The number of ether oxygens (including phenoxy) is 2. The van der Waals surface area contributed by atoms with Gasteiger partial charge in [0.25, 0.3) is 5.69 Å². The molecule has 2 fully saturated rings. The largest absolute Gasteiger partial charge is 0.493 e. The zero-order valence-electron chi connectivity index (χ0n) is 14.6. The Kier molecular flexibility index (Phi) is 5.08. The molecule has 1 aromatic carbocycles. The minimum atomic E-state index is -0.399. The van der Waals surface area contributed by atoms with Crippen molar-refractivity contribution >= 4 is 11.6 Å². The van der Waals surface area contributed by atoms with E-state index in [1.165, 1.54) is 20.3 Å². The normalized spacial score (nSPS) is 18.1. The smallest absolute Gasteiger partial charge is 0.277 e. The predicted molar refractivity (Wildman–Crippen MR) is 90.8 cm³/mol. The van der Waals surface area contributed by atoms with E-state index in [2.05, 4.69) is 4.90 Å². The molecular weight excluding hydrogens is 326 g/mol. The molecule has 0 radical (unpaired) electrons. The van der Waals surface area contributed by atoms with Gasteiger partial charge in [-0.05, 0) is 18.9 Å². The molecule has 0 bridgehead atoms. The predicted octanol–water partition coefficient (Wildman–Crippen LogP) is 1.67. The third kappa shape index (κ3) is 3.84. The van der Waals surface area contributed by atoms with Gasteiger partial charge in [-0.15, -0.1) is 0 Å². The van der Waals surface area contributed by atoms with Crippen molar-refractivity contribution in [3.8, 4) is 11.5 Å². The van der Waals surface area contributed by atoms with Crippen LogP contribution in [0.1, 0.15) is 18.4 Å². The number of carbonyl (C=O) groups excluding carboxylic acids is 1. The minimum Gasteiger partial charge on any atom is -0.493 e. The maximum Gasteiger partial charge on any atom is 0.277 e. The zero-order valence-corrected chi connectivity index (χ0v) is 14.6. The van der Waals surface area contributed by atoms with Gasteiger partial charge in [0.15, 0.2) is 11.5 Å². The Morgan fingerprint density at radius 1 is 1.16 bits per heavy atom. The van der Waals surface area contributed by atoms with Crippen LogP contribution in [-0.4, -0.2) is 61.0 Å². The molecule has 1 saturated heterocycles. The summed E-state index contributed by atoms with van der Waals surface area (Å²) in [5, 5.41) is 11.4. The van der Waals surface area contributed by atoms with Crippen LogP contribution in [0.2, 0.25) is 0 Å². The van der Waals surface area contributed by atoms with E-state index in [-0.39, 0.29) is 17.5 Å². The van der Waals surface area contributed by atoms with Gasteiger partial charge in [-0.2, -0.15) is 0 Å². The molecule has 1 saturated carbocycles. The van der Waals surface area contributed by atoms with Crippen molar-refractivity contribution < 1.29 is 19.2 Å². The Labute approximate surface area is 146 Å². The molecule has 0 N–H and O–H groups in total. The van der Waals surface area contributed by atoms with Crippen LogP contribution in [0.5, 0.6) is 11.5 Å². The molecule has 25 heavy (non-hydrogen) atoms. The van der Waals surface area contributed by atoms with Crippen molar-refractivity contribution in [2.45, 2.75) is 19.4 Å². The van der Waals surface area contributed by atoms with Gasteiger partial charge in [-0.3, -0.25) is 19.8 Å². The third-order valence-electron chi connectivity index (χ3n) is 4.79. The maximum atomic E-state index is 12.1. The lowest BCUT2D eigenvalue weighted by molar-refractivity contribution is -0.385. The summed E-state index contributed by atoms with van der Waals surface area (Å²) < 4.78 is 10.4. The molecule has 1 amide bonds. The second-order valence-corrected chi connectivity index (χ2v) is 6.47. The summed E-state index contributed by atoms with van der Waals surface area (Å²) >= 11 is 0. The first-order valence-electron chi connectivity index (χ1n) is 8.44. The highest BCUT2D eigenvalue weighted by Crippen LogP contribution is 2.35. The average Bonchev–Trinajstić information content (AvgIpc) is 3.46. The fourth-order valence-corrected chi connectivity index (χ4v) is 3.16. The number of nitrogens with zero attached hydrogens (tertiary/aromatic N) is 3. The van der Waals surface area contributed by atoms with E-state index in [1.54, 1.807) is 6.07 Å². The molecule has 3 rings (SSSR count). The Balaban J connectivity index is 1.70. The summed E-state index contributed by atoms with van der Waals surface area (Å²) in [5.41, 5.74) is 0.610. The Bertz CT molecular complexity index is 666. The second kappa shape index (κ2) is 7.26.